The number of benzene rings is 2. The van der Waals surface area contributed by atoms with Crippen LogP contribution in [0.15, 0.2) is 53.9 Å². The molecule has 2 aromatic carbocycles. The van der Waals surface area contributed by atoms with Crippen LogP contribution in [-0.4, -0.2) is 40.3 Å². The molecule has 1 aliphatic heterocycles. The van der Waals surface area contributed by atoms with Crippen molar-refractivity contribution in [2.75, 3.05) is 11.9 Å². The first kappa shape index (κ1) is 23.6. The molecule has 2 heterocycles. The molecule has 34 heavy (non-hydrogen) atoms. The van der Waals surface area contributed by atoms with Crippen molar-refractivity contribution < 1.29 is 19.1 Å². The number of unbranched alkanes of at least 4 members (excludes halogenated alkanes) is 2. The van der Waals surface area contributed by atoms with Gasteiger partial charge in [-0.2, -0.15) is 0 Å². The fraction of sp³-hybridized carbons (Fsp3) is 0.308. The van der Waals surface area contributed by atoms with Crippen molar-refractivity contribution in [1.29, 1.82) is 0 Å². The SMILES string of the molecule is CC(C)Oc1ccc(-c2csc(NC(=O)CCCCCN3C(=O)c4ccccc4C3=O)n2)cc1. The van der Waals surface area contributed by atoms with Gasteiger partial charge < -0.3 is 10.1 Å². The van der Waals surface area contributed by atoms with Gasteiger partial charge in [-0.05, 0) is 63.1 Å². The Hall–Kier alpha value is -3.52. The summed E-state index contributed by atoms with van der Waals surface area (Å²) in [5.74, 6) is 0.243. The van der Waals surface area contributed by atoms with E-state index in [0.717, 1.165) is 23.4 Å². The van der Waals surface area contributed by atoms with E-state index < -0.39 is 0 Å². The minimum atomic E-state index is -0.236. The Balaban J connectivity index is 1.19. The van der Waals surface area contributed by atoms with Gasteiger partial charge in [0.2, 0.25) is 5.91 Å². The van der Waals surface area contributed by atoms with Crippen LogP contribution in [0.2, 0.25) is 0 Å². The molecule has 0 spiro atoms. The van der Waals surface area contributed by atoms with E-state index in [2.05, 4.69) is 10.3 Å². The molecule has 0 unspecified atom stereocenters. The number of hydrogen-bond donors (Lipinski definition) is 1. The zero-order valence-corrected chi connectivity index (χ0v) is 20.1. The molecule has 0 fully saturated rings. The van der Waals surface area contributed by atoms with E-state index in [9.17, 15) is 14.4 Å². The number of nitrogens with one attached hydrogen (secondary N) is 1. The summed E-state index contributed by atoms with van der Waals surface area (Å²) >= 11 is 1.39. The predicted octanol–water partition coefficient (Wildman–Crippen LogP) is 5.39. The number of ether oxygens (including phenoxy) is 1. The summed E-state index contributed by atoms with van der Waals surface area (Å²) in [4.78, 5) is 42.9. The minimum absolute atomic E-state index is 0.0951. The number of fused-ring (bicyclic) bond motifs is 1. The van der Waals surface area contributed by atoms with Crippen molar-refractivity contribution in [2.45, 2.75) is 45.6 Å². The van der Waals surface area contributed by atoms with Crippen LogP contribution >= 0.6 is 11.3 Å². The second-order valence-corrected chi connectivity index (χ2v) is 9.25. The molecule has 176 valence electrons. The number of nitrogens with zero attached hydrogens (tertiary/aromatic N) is 2. The zero-order chi connectivity index (χ0) is 24.1. The van der Waals surface area contributed by atoms with Crippen LogP contribution in [0, 0.1) is 0 Å². The number of carbonyl (C=O) groups excluding carboxylic acids is 3. The fourth-order valence-corrected chi connectivity index (χ4v) is 4.53. The smallest absolute Gasteiger partial charge is 0.261 e. The van der Waals surface area contributed by atoms with E-state index in [4.69, 9.17) is 4.74 Å². The van der Waals surface area contributed by atoms with Crippen molar-refractivity contribution in [3.05, 3.63) is 65.0 Å². The maximum Gasteiger partial charge on any atom is 0.261 e. The second kappa shape index (κ2) is 10.6. The average Bonchev–Trinajstić information content (AvgIpc) is 3.37. The van der Waals surface area contributed by atoms with Gasteiger partial charge in [-0.3, -0.25) is 19.3 Å². The van der Waals surface area contributed by atoms with Crippen molar-refractivity contribution >= 4 is 34.2 Å². The Labute approximate surface area is 202 Å². The topological polar surface area (TPSA) is 88.6 Å². The zero-order valence-electron chi connectivity index (χ0n) is 19.2. The van der Waals surface area contributed by atoms with Crippen molar-refractivity contribution in [3.8, 4) is 17.0 Å². The van der Waals surface area contributed by atoms with E-state index in [1.54, 1.807) is 24.3 Å². The molecule has 8 heteroatoms. The summed E-state index contributed by atoms with van der Waals surface area (Å²) < 4.78 is 5.66. The summed E-state index contributed by atoms with van der Waals surface area (Å²) in [6.45, 7) is 4.33. The molecule has 1 aromatic heterocycles. The molecule has 0 aliphatic carbocycles. The second-order valence-electron chi connectivity index (χ2n) is 8.40. The molecule has 0 radical (unpaired) electrons. The molecule has 0 atom stereocenters. The Morgan fingerprint density at radius 3 is 2.32 bits per heavy atom. The van der Waals surface area contributed by atoms with Gasteiger partial charge in [0.05, 0.1) is 22.9 Å². The van der Waals surface area contributed by atoms with Gasteiger partial charge >= 0.3 is 0 Å². The Morgan fingerprint density at radius 2 is 1.68 bits per heavy atom. The van der Waals surface area contributed by atoms with Crippen LogP contribution in [0.5, 0.6) is 5.75 Å². The third-order valence-electron chi connectivity index (χ3n) is 5.44. The average molecular weight is 478 g/mol. The minimum Gasteiger partial charge on any atom is -0.491 e. The molecular weight excluding hydrogens is 450 g/mol. The Bertz CT molecular complexity index is 1150. The lowest BCUT2D eigenvalue weighted by Gasteiger charge is -2.13. The van der Waals surface area contributed by atoms with Crippen molar-refractivity contribution in [3.63, 3.8) is 0 Å². The van der Waals surface area contributed by atoms with Crippen molar-refractivity contribution in [2.24, 2.45) is 0 Å². The van der Waals surface area contributed by atoms with Gasteiger partial charge in [-0.15, -0.1) is 11.3 Å². The highest BCUT2D eigenvalue weighted by molar-refractivity contribution is 7.14. The molecule has 1 N–H and O–H groups in total. The van der Waals surface area contributed by atoms with Crippen LogP contribution in [0.25, 0.3) is 11.3 Å². The van der Waals surface area contributed by atoms with Gasteiger partial charge in [-0.25, -0.2) is 4.98 Å². The maximum atomic E-state index is 12.4. The molecule has 0 saturated heterocycles. The highest BCUT2D eigenvalue weighted by Gasteiger charge is 2.34. The first-order valence-corrected chi connectivity index (χ1v) is 12.3. The van der Waals surface area contributed by atoms with Gasteiger partial charge in [0.25, 0.3) is 11.8 Å². The summed E-state index contributed by atoms with van der Waals surface area (Å²) in [6.07, 6.45) is 2.56. The van der Waals surface area contributed by atoms with E-state index in [0.29, 0.717) is 42.1 Å². The Morgan fingerprint density at radius 1 is 1.00 bits per heavy atom. The van der Waals surface area contributed by atoms with E-state index in [-0.39, 0.29) is 23.8 Å². The van der Waals surface area contributed by atoms with Crippen LogP contribution in [0.3, 0.4) is 0 Å². The first-order chi connectivity index (χ1) is 16.4. The normalized spacial score (nSPS) is 12.9. The summed E-state index contributed by atoms with van der Waals surface area (Å²) in [5.41, 5.74) is 2.70. The lowest BCUT2D eigenvalue weighted by Crippen LogP contribution is -2.30. The van der Waals surface area contributed by atoms with Crippen LogP contribution in [0.1, 0.15) is 60.2 Å². The third-order valence-corrected chi connectivity index (χ3v) is 6.19. The van der Waals surface area contributed by atoms with Gasteiger partial charge in [-0.1, -0.05) is 18.6 Å². The highest BCUT2D eigenvalue weighted by Crippen LogP contribution is 2.27. The number of anilines is 1. The molecule has 1 aliphatic rings. The van der Waals surface area contributed by atoms with E-state index in [1.807, 2.05) is 43.5 Å². The standard InChI is InChI=1S/C26H27N3O4S/c1-17(2)33-19-13-11-18(12-14-19)22-16-34-26(27-22)28-23(30)10-4-3-7-15-29-24(31)20-8-5-6-9-21(20)25(29)32/h5-6,8-9,11-14,16-17H,3-4,7,10,15H2,1-2H3,(H,27,28,30). The number of rotatable bonds is 10. The molecule has 3 aromatic rings. The molecular formula is C26H27N3O4S. The molecule has 0 saturated carbocycles. The van der Waals surface area contributed by atoms with Gasteiger partial charge in [0, 0.05) is 23.9 Å². The summed E-state index contributed by atoms with van der Waals surface area (Å²) in [7, 11) is 0. The van der Waals surface area contributed by atoms with E-state index >= 15 is 0 Å². The highest BCUT2D eigenvalue weighted by atomic mass is 32.1. The lowest BCUT2D eigenvalue weighted by atomic mass is 10.1. The molecule has 4 rings (SSSR count). The number of carbonyl (C=O) groups is 3. The van der Waals surface area contributed by atoms with Crippen LogP contribution in [0.4, 0.5) is 5.13 Å². The van der Waals surface area contributed by atoms with Crippen LogP contribution < -0.4 is 10.1 Å². The lowest BCUT2D eigenvalue weighted by molar-refractivity contribution is -0.116. The first-order valence-electron chi connectivity index (χ1n) is 11.4. The monoisotopic (exact) mass is 477 g/mol. The molecule has 7 nitrogen and oxygen atoms in total. The van der Waals surface area contributed by atoms with Crippen LogP contribution in [-0.2, 0) is 4.79 Å². The van der Waals surface area contributed by atoms with Crippen molar-refractivity contribution in [1.82, 2.24) is 9.88 Å². The maximum absolute atomic E-state index is 12.4. The number of hydrogen-bond acceptors (Lipinski definition) is 6. The number of imide groups is 1. The molecule has 0 bridgehead atoms. The largest absolute Gasteiger partial charge is 0.491 e. The quantitative estimate of drug-likeness (QED) is 0.312. The number of amides is 3. The Kier molecular flexibility index (Phi) is 7.37. The van der Waals surface area contributed by atoms with Gasteiger partial charge in [0.1, 0.15) is 5.75 Å². The summed E-state index contributed by atoms with van der Waals surface area (Å²) in [6, 6.07) is 14.6. The number of thiazole rings is 1. The molecule has 3 amide bonds. The summed E-state index contributed by atoms with van der Waals surface area (Å²) in [5, 5.41) is 5.33. The third kappa shape index (κ3) is 5.51. The predicted molar refractivity (Wildman–Crippen MR) is 132 cm³/mol. The fourth-order valence-electron chi connectivity index (χ4n) is 3.80. The number of aromatic nitrogens is 1. The van der Waals surface area contributed by atoms with E-state index in [1.165, 1.54) is 16.2 Å². The van der Waals surface area contributed by atoms with Gasteiger partial charge in [0.15, 0.2) is 5.13 Å².